The Balaban J connectivity index is 1.81. The number of hydrogen-bond acceptors (Lipinski definition) is 6. The van der Waals surface area contributed by atoms with Crippen molar-refractivity contribution in [3.05, 3.63) is 120 Å². The van der Waals surface area contributed by atoms with Gasteiger partial charge in [0.1, 0.15) is 18.4 Å². The summed E-state index contributed by atoms with van der Waals surface area (Å²) < 4.78 is 55.2. The highest BCUT2D eigenvalue weighted by atomic mass is 32.2. The molecule has 9 nitrogen and oxygen atoms in total. The highest BCUT2D eigenvalue weighted by Crippen LogP contribution is 2.32. The maximum atomic E-state index is 15.1. The highest BCUT2D eigenvalue weighted by Gasteiger charge is 2.35. The number of benzene rings is 4. The number of ether oxygens (including phenoxy) is 2. The Bertz CT molecular complexity index is 1750. The van der Waals surface area contributed by atoms with E-state index in [1.54, 1.807) is 36.4 Å². The number of nitrogens with one attached hydrogen (secondary N) is 1. The van der Waals surface area contributed by atoms with Crippen LogP contribution in [-0.2, 0) is 32.6 Å². The minimum absolute atomic E-state index is 0.124. The van der Waals surface area contributed by atoms with Crippen molar-refractivity contribution in [2.75, 3.05) is 31.6 Å². The van der Waals surface area contributed by atoms with Crippen molar-refractivity contribution in [1.82, 2.24) is 10.2 Å². The van der Waals surface area contributed by atoms with Gasteiger partial charge in [-0.3, -0.25) is 13.9 Å². The van der Waals surface area contributed by atoms with Crippen molar-refractivity contribution in [2.45, 2.75) is 37.8 Å². The molecule has 0 saturated heterocycles. The van der Waals surface area contributed by atoms with Crippen LogP contribution >= 0.6 is 0 Å². The topological polar surface area (TPSA) is 105 Å². The number of carbonyl (C=O) groups excluding carboxylic acids is 2. The molecule has 0 fully saturated rings. The molecular weight excluding hydrogens is 621 g/mol. The Morgan fingerprint density at radius 3 is 2.06 bits per heavy atom. The smallest absolute Gasteiger partial charge is 0.264 e. The van der Waals surface area contributed by atoms with Crippen LogP contribution < -0.4 is 19.1 Å². The summed E-state index contributed by atoms with van der Waals surface area (Å²) in [6.45, 7) is 3.32. The number of rotatable bonds is 15. The summed E-state index contributed by atoms with van der Waals surface area (Å²) in [6, 6.07) is 26.4. The van der Waals surface area contributed by atoms with E-state index in [1.807, 2.05) is 44.2 Å². The fourth-order valence-corrected chi connectivity index (χ4v) is 6.44. The van der Waals surface area contributed by atoms with Gasteiger partial charge in [-0.25, -0.2) is 12.8 Å². The Morgan fingerprint density at radius 2 is 1.45 bits per heavy atom. The molecule has 47 heavy (non-hydrogen) atoms. The third-order valence-corrected chi connectivity index (χ3v) is 9.29. The molecule has 0 bridgehead atoms. The summed E-state index contributed by atoms with van der Waals surface area (Å²) in [5, 5.41) is 2.92. The quantitative estimate of drug-likeness (QED) is 0.182. The number of sulfonamides is 1. The molecule has 2 amide bonds. The van der Waals surface area contributed by atoms with Crippen LogP contribution in [0.25, 0.3) is 0 Å². The van der Waals surface area contributed by atoms with Crippen LogP contribution in [0.3, 0.4) is 0 Å². The van der Waals surface area contributed by atoms with Crippen LogP contribution in [0.5, 0.6) is 11.5 Å². The zero-order valence-electron chi connectivity index (χ0n) is 26.9. The standard InChI is InChI=1S/C36H40FN3O6S/c1-26(2)23-38-36(42)32(21-27-13-7-5-8-14-27)39(24-28-15-11-12-18-31(28)37)35(41)25-40(29-16-9-6-10-17-29)47(43,44)30-19-20-33(45-3)34(22-30)46-4/h5-20,22,26,32H,21,23-25H2,1-4H3,(H,38,42)/t32-/m1/s1. The molecule has 248 valence electrons. The van der Waals surface area contributed by atoms with E-state index in [0.29, 0.717) is 12.3 Å². The van der Waals surface area contributed by atoms with Crippen LogP contribution in [0, 0.1) is 11.7 Å². The first-order chi connectivity index (χ1) is 22.5. The van der Waals surface area contributed by atoms with Crippen molar-refractivity contribution < 1.29 is 31.9 Å². The number of amides is 2. The van der Waals surface area contributed by atoms with E-state index >= 15 is 4.39 Å². The van der Waals surface area contributed by atoms with Gasteiger partial charge in [0.05, 0.1) is 24.8 Å². The SMILES string of the molecule is COc1ccc(S(=O)(=O)N(CC(=O)N(Cc2ccccc2F)[C@H](Cc2ccccc2)C(=O)NCC(C)C)c2ccccc2)cc1OC. The van der Waals surface area contributed by atoms with Gasteiger partial charge in [-0.1, -0.05) is 80.6 Å². The number of hydrogen-bond donors (Lipinski definition) is 1. The molecule has 0 heterocycles. The molecule has 0 radical (unpaired) electrons. The number of nitrogens with zero attached hydrogens (tertiary/aromatic N) is 2. The van der Waals surface area contributed by atoms with Crippen molar-refractivity contribution in [3.8, 4) is 11.5 Å². The molecule has 0 aliphatic heterocycles. The average Bonchev–Trinajstić information content (AvgIpc) is 3.08. The Kier molecular flexibility index (Phi) is 12.0. The largest absolute Gasteiger partial charge is 0.493 e. The van der Waals surface area contributed by atoms with Gasteiger partial charge >= 0.3 is 0 Å². The van der Waals surface area contributed by atoms with E-state index in [9.17, 15) is 18.0 Å². The maximum absolute atomic E-state index is 15.1. The van der Waals surface area contributed by atoms with Gasteiger partial charge < -0.3 is 19.7 Å². The molecule has 0 aliphatic carbocycles. The molecule has 0 saturated carbocycles. The van der Waals surface area contributed by atoms with Gasteiger partial charge in [-0.05, 0) is 41.8 Å². The first kappa shape index (κ1) is 35.0. The predicted molar refractivity (Wildman–Crippen MR) is 179 cm³/mol. The van der Waals surface area contributed by atoms with E-state index in [0.717, 1.165) is 9.87 Å². The molecule has 4 rings (SSSR count). The molecular formula is C36H40FN3O6S. The van der Waals surface area contributed by atoms with Crippen LogP contribution in [0.1, 0.15) is 25.0 Å². The lowest BCUT2D eigenvalue weighted by Crippen LogP contribution is -2.53. The fourth-order valence-electron chi connectivity index (χ4n) is 5.01. The molecule has 11 heteroatoms. The third-order valence-electron chi connectivity index (χ3n) is 7.52. The monoisotopic (exact) mass is 661 g/mol. The minimum atomic E-state index is -4.37. The molecule has 0 aliphatic rings. The number of carbonyl (C=O) groups is 2. The Hall–Kier alpha value is -4.90. The molecule has 4 aromatic carbocycles. The lowest BCUT2D eigenvalue weighted by atomic mass is 10.0. The molecule has 4 aromatic rings. The lowest BCUT2D eigenvalue weighted by molar-refractivity contribution is -0.140. The van der Waals surface area contributed by atoms with Gasteiger partial charge in [-0.15, -0.1) is 0 Å². The summed E-state index contributed by atoms with van der Waals surface area (Å²) in [5.41, 5.74) is 1.19. The van der Waals surface area contributed by atoms with Crippen LogP contribution in [0.4, 0.5) is 10.1 Å². The van der Waals surface area contributed by atoms with Crippen molar-refractivity contribution in [3.63, 3.8) is 0 Å². The van der Waals surface area contributed by atoms with Gasteiger partial charge in [-0.2, -0.15) is 0 Å². The third kappa shape index (κ3) is 8.88. The van der Waals surface area contributed by atoms with Gasteiger partial charge in [0.2, 0.25) is 11.8 Å². The van der Waals surface area contributed by atoms with Gasteiger partial charge in [0, 0.05) is 31.1 Å². The minimum Gasteiger partial charge on any atom is -0.493 e. The predicted octanol–water partition coefficient (Wildman–Crippen LogP) is 5.45. The number of methoxy groups -OCH3 is 2. The second kappa shape index (κ2) is 16.1. The summed E-state index contributed by atoms with van der Waals surface area (Å²) >= 11 is 0. The molecule has 0 aromatic heterocycles. The zero-order valence-corrected chi connectivity index (χ0v) is 27.7. The van der Waals surface area contributed by atoms with Crippen LogP contribution in [-0.4, -0.2) is 58.5 Å². The molecule has 0 unspecified atom stereocenters. The second-order valence-corrected chi connectivity index (χ2v) is 13.2. The fraction of sp³-hybridized carbons (Fsp3) is 0.278. The average molecular weight is 662 g/mol. The van der Waals surface area contributed by atoms with E-state index in [2.05, 4.69) is 5.32 Å². The second-order valence-electron chi connectivity index (χ2n) is 11.3. The first-order valence-corrected chi connectivity index (χ1v) is 16.6. The van der Waals surface area contributed by atoms with Crippen molar-refractivity contribution >= 4 is 27.5 Å². The lowest BCUT2D eigenvalue weighted by Gasteiger charge is -2.34. The van der Waals surface area contributed by atoms with Crippen LogP contribution in [0.15, 0.2) is 108 Å². The Labute approximate surface area is 276 Å². The molecule has 1 N–H and O–H groups in total. The van der Waals surface area contributed by atoms with E-state index in [-0.39, 0.29) is 40.8 Å². The van der Waals surface area contributed by atoms with E-state index in [4.69, 9.17) is 9.47 Å². The summed E-state index contributed by atoms with van der Waals surface area (Å²) in [7, 11) is -1.54. The summed E-state index contributed by atoms with van der Waals surface area (Å²) in [6.07, 6.45) is 0.124. The molecule has 0 spiro atoms. The summed E-state index contributed by atoms with van der Waals surface area (Å²) in [5.74, 6) is -1.01. The molecule has 1 atom stereocenters. The highest BCUT2D eigenvalue weighted by molar-refractivity contribution is 7.92. The van der Waals surface area contributed by atoms with Crippen molar-refractivity contribution in [2.24, 2.45) is 5.92 Å². The van der Waals surface area contributed by atoms with Crippen molar-refractivity contribution in [1.29, 1.82) is 0 Å². The van der Waals surface area contributed by atoms with Gasteiger partial charge in [0.15, 0.2) is 11.5 Å². The normalized spacial score (nSPS) is 11.9. The van der Waals surface area contributed by atoms with Gasteiger partial charge in [0.25, 0.3) is 10.0 Å². The number of para-hydroxylation sites is 1. The number of halogens is 1. The maximum Gasteiger partial charge on any atom is 0.264 e. The first-order valence-electron chi connectivity index (χ1n) is 15.2. The number of anilines is 1. The zero-order chi connectivity index (χ0) is 34.0. The van der Waals surface area contributed by atoms with Crippen LogP contribution in [0.2, 0.25) is 0 Å². The summed E-state index contributed by atoms with van der Waals surface area (Å²) in [4.78, 5) is 29.4. The van der Waals surface area contributed by atoms with E-state index in [1.165, 1.54) is 55.5 Å². The Morgan fingerprint density at radius 1 is 0.830 bits per heavy atom. The van der Waals surface area contributed by atoms with E-state index < -0.39 is 40.2 Å².